The van der Waals surface area contributed by atoms with E-state index in [9.17, 15) is 9.59 Å². The van der Waals surface area contributed by atoms with Gasteiger partial charge in [0.1, 0.15) is 12.4 Å². The second-order valence-electron chi connectivity index (χ2n) is 5.83. The second-order valence-corrected chi connectivity index (χ2v) is 6.99. The molecule has 0 bridgehead atoms. The summed E-state index contributed by atoms with van der Waals surface area (Å²) < 4.78 is 4.07. The average Bonchev–Trinajstić information content (AvgIpc) is 2.68. The number of carbonyl (C=O) groups excluding carboxylic acids is 1. The molecule has 2 heterocycles. The van der Waals surface area contributed by atoms with E-state index < -0.39 is 0 Å². The Morgan fingerprint density at radius 3 is 2.96 bits per heavy atom. The Balaban J connectivity index is 1.73. The molecule has 0 fully saturated rings. The van der Waals surface area contributed by atoms with E-state index >= 15 is 0 Å². The average molecular weight is 426 g/mol. The molecule has 1 aliphatic heterocycles. The van der Waals surface area contributed by atoms with Crippen molar-refractivity contribution in [2.24, 2.45) is 0 Å². The van der Waals surface area contributed by atoms with Crippen LogP contribution in [0.5, 0.6) is 0 Å². The topological polar surface area (TPSA) is 68.9 Å². The zero-order valence-electron chi connectivity index (χ0n) is 13.0. The molecule has 3 rings (SSSR count). The summed E-state index contributed by atoms with van der Waals surface area (Å²) >= 11 is 2.23. The van der Waals surface area contributed by atoms with E-state index in [1.165, 1.54) is 4.68 Å². The van der Waals surface area contributed by atoms with E-state index in [0.717, 1.165) is 46.3 Å². The fourth-order valence-corrected chi connectivity index (χ4v) is 3.25. The maximum atomic E-state index is 12.3. The third-order valence-corrected chi connectivity index (χ3v) is 5.19. The van der Waals surface area contributed by atoms with Gasteiger partial charge in [-0.25, -0.2) is 9.48 Å². The van der Waals surface area contributed by atoms with Crippen LogP contribution in [0.2, 0.25) is 0 Å². The van der Waals surface area contributed by atoms with Crippen LogP contribution >= 0.6 is 22.6 Å². The first-order valence-electron chi connectivity index (χ1n) is 7.77. The number of aryl methyl sites for hydroxylation is 2. The smallest absolute Gasteiger partial charge is 0.324 e. The molecule has 2 aromatic rings. The lowest BCUT2D eigenvalue weighted by Gasteiger charge is -2.06. The zero-order valence-corrected chi connectivity index (χ0v) is 15.2. The lowest BCUT2D eigenvalue weighted by molar-refractivity contribution is -0.117. The summed E-state index contributed by atoms with van der Waals surface area (Å²) in [5, 5.41) is 7.15. The third-order valence-electron chi connectivity index (χ3n) is 4.03. The molecule has 0 aliphatic carbocycles. The highest BCUT2D eigenvalue weighted by Gasteiger charge is 2.17. The van der Waals surface area contributed by atoms with Gasteiger partial charge in [-0.3, -0.25) is 9.36 Å². The van der Waals surface area contributed by atoms with Crippen LogP contribution in [0.4, 0.5) is 5.69 Å². The normalized spacial score (nSPS) is 14.2. The van der Waals surface area contributed by atoms with Gasteiger partial charge in [-0.1, -0.05) is 12.5 Å². The SMILES string of the molecule is Cc1ccc(NC(=O)Cn2nc3n(c2=O)CCCCC3)cc1I. The number of fused-ring (bicyclic) bond motifs is 1. The number of nitrogens with one attached hydrogen (secondary N) is 1. The molecule has 0 saturated heterocycles. The Kier molecular flexibility index (Phi) is 4.84. The molecule has 1 amide bonds. The minimum atomic E-state index is -0.236. The van der Waals surface area contributed by atoms with Gasteiger partial charge in [-0.15, -0.1) is 0 Å². The molecule has 0 unspecified atom stereocenters. The van der Waals surface area contributed by atoms with Crippen molar-refractivity contribution in [2.75, 3.05) is 5.32 Å². The Hall–Kier alpha value is -1.64. The maximum Gasteiger partial charge on any atom is 0.346 e. The van der Waals surface area contributed by atoms with Crippen LogP contribution in [0, 0.1) is 10.5 Å². The third kappa shape index (κ3) is 3.65. The van der Waals surface area contributed by atoms with Crippen molar-refractivity contribution in [3.8, 4) is 0 Å². The lowest BCUT2D eigenvalue weighted by atomic mass is 10.2. The lowest BCUT2D eigenvalue weighted by Crippen LogP contribution is -2.30. The minimum Gasteiger partial charge on any atom is -0.324 e. The van der Waals surface area contributed by atoms with Gasteiger partial charge in [0.15, 0.2) is 0 Å². The zero-order chi connectivity index (χ0) is 16.4. The number of amides is 1. The van der Waals surface area contributed by atoms with Gasteiger partial charge in [0.2, 0.25) is 5.91 Å². The molecule has 1 aromatic heterocycles. The molecule has 23 heavy (non-hydrogen) atoms. The van der Waals surface area contributed by atoms with Gasteiger partial charge >= 0.3 is 5.69 Å². The van der Waals surface area contributed by atoms with Crippen LogP contribution < -0.4 is 11.0 Å². The summed E-state index contributed by atoms with van der Waals surface area (Å²) in [6.07, 6.45) is 3.96. The quantitative estimate of drug-likeness (QED) is 0.767. The molecule has 0 spiro atoms. The van der Waals surface area contributed by atoms with Crippen LogP contribution in [-0.2, 0) is 24.3 Å². The molecular weight excluding hydrogens is 407 g/mol. The van der Waals surface area contributed by atoms with Crippen LogP contribution in [0.15, 0.2) is 23.0 Å². The summed E-state index contributed by atoms with van der Waals surface area (Å²) in [5.41, 5.74) is 1.71. The highest BCUT2D eigenvalue weighted by molar-refractivity contribution is 14.1. The van der Waals surface area contributed by atoms with Crippen LogP contribution in [0.1, 0.15) is 30.7 Å². The van der Waals surface area contributed by atoms with Gasteiger partial charge in [-0.05, 0) is 60.1 Å². The van der Waals surface area contributed by atoms with Crippen LogP contribution in [-0.4, -0.2) is 20.3 Å². The molecular formula is C16H19IN4O2. The van der Waals surface area contributed by atoms with E-state index in [4.69, 9.17) is 0 Å². The predicted octanol–water partition coefficient (Wildman–Crippen LogP) is 2.32. The fourth-order valence-electron chi connectivity index (χ4n) is 2.74. The second kappa shape index (κ2) is 6.86. The van der Waals surface area contributed by atoms with Crippen molar-refractivity contribution in [3.63, 3.8) is 0 Å². The van der Waals surface area contributed by atoms with Crippen molar-refractivity contribution < 1.29 is 4.79 Å². The van der Waals surface area contributed by atoms with Crippen LogP contribution in [0.25, 0.3) is 0 Å². The maximum absolute atomic E-state index is 12.3. The first kappa shape index (κ1) is 16.2. The first-order valence-corrected chi connectivity index (χ1v) is 8.85. The molecule has 0 saturated carbocycles. The Labute approximate surface area is 148 Å². The van der Waals surface area contributed by atoms with Crippen molar-refractivity contribution in [2.45, 2.75) is 45.7 Å². The van der Waals surface area contributed by atoms with Crippen LogP contribution in [0.3, 0.4) is 0 Å². The summed E-state index contributed by atoms with van der Waals surface area (Å²) in [5.74, 6) is 0.560. The predicted molar refractivity (Wildman–Crippen MR) is 96.6 cm³/mol. The van der Waals surface area contributed by atoms with Gasteiger partial charge in [0.25, 0.3) is 0 Å². The summed E-state index contributed by atoms with van der Waals surface area (Å²) in [6.45, 7) is 2.67. The van der Waals surface area contributed by atoms with E-state index in [-0.39, 0.29) is 18.1 Å². The first-order chi connectivity index (χ1) is 11.0. The summed E-state index contributed by atoms with van der Waals surface area (Å²) in [4.78, 5) is 24.5. The number of carbonyl (C=O) groups is 1. The number of aromatic nitrogens is 3. The molecule has 1 aliphatic rings. The fraction of sp³-hybridized carbons (Fsp3) is 0.438. The minimum absolute atomic E-state index is 0.0523. The van der Waals surface area contributed by atoms with E-state index in [0.29, 0.717) is 6.54 Å². The molecule has 1 aromatic carbocycles. The van der Waals surface area contributed by atoms with Crippen molar-refractivity contribution in [1.82, 2.24) is 14.3 Å². The van der Waals surface area contributed by atoms with Gasteiger partial charge in [-0.2, -0.15) is 5.10 Å². The van der Waals surface area contributed by atoms with Gasteiger partial charge < -0.3 is 5.32 Å². The van der Waals surface area contributed by atoms with Gasteiger partial charge in [0.05, 0.1) is 0 Å². The Morgan fingerprint density at radius 1 is 1.35 bits per heavy atom. The number of hydrogen-bond acceptors (Lipinski definition) is 3. The Morgan fingerprint density at radius 2 is 2.17 bits per heavy atom. The molecule has 0 atom stereocenters. The highest BCUT2D eigenvalue weighted by Crippen LogP contribution is 2.17. The summed E-state index contributed by atoms with van der Waals surface area (Å²) in [6, 6.07) is 5.74. The van der Waals surface area contributed by atoms with Crippen molar-refractivity contribution in [1.29, 1.82) is 0 Å². The molecule has 122 valence electrons. The molecule has 0 radical (unpaired) electrons. The van der Waals surface area contributed by atoms with E-state index in [2.05, 4.69) is 33.0 Å². The monoisotopic (exact) mass is 426 g/mol. The number of benzene rings is 1. The number of hydrogen-bond donors (Lipinski definition) is 1. The summed E-state index contributed by atoms with van der Waals surface area (Å²) in [7, 11) is 0. The van der Waals surface area contributed by atoms with E-state index in [1.54, 1.807) is 4.57 Å². The van der Waals surface area contributed by atoms with E-state index in [1.807, 2.05) is 25.1 Å². The molecule has 1 N–H and O–H groups in total. The number of halogens is 1. The largest absolute Gasteiger partial charge is 0.346 e. The number of rotatable bonds is 3. The number of nitrogens with zero attached hydrogens (tertiary/aromatic N) is 3. The molecule has 6 nitrogen and oxygen atoms in total. The highest BCUT2D eigenvalue weighted by atomic mass is 127. The number of anilines is 1. The van der Waals surface area contributed by atoms with Crippen molar-refractivity contribution >= 4 is 34.2 Å². The molecule has 7 heteroatoms. The Bertz CT molecular complexity index is 794. The van der Waals surface area contributed by atoms with Crippen molar-refractivity contribution in [3.05, 3.63) is 43.6 Å². The standard InChI is InChI=1S/C16H19IN4O2/c1-11-6-7-12(9-13(11)17)18-15(22)10-21-16(23)20-8-4-2-3-5-14(20)19-21/h6-7,9H,2-5,8,10H2,1H3,(H,18,22). The van der Waals surface area contributed by atoms with Gasteiger partial charge in [0, 0.05) is 22.2 Å².